The Balaban J connectivity index is 1.49. The van der Waals surface area contributed by atoms with Crippen LogP contribution < -0.4 is 0 Å². The quantitative estimate of drug-likeness (QED) is 0.670. The number of hydrogen-bond acceptors (Lipinski definition) is 6. The molecule has 0 saturated carbocycles. The normalized spacial score (nSPS) is 29.2. The Morgan fingerprint density at radius 1 is 1.00 bits per heavy atom. The van der Waals surface area contributed by atoms with Crippen molar-refractivity contribution in [3.63, 3.8) is 0 Å². The molecule has 2 saturated heterocycles. The minimum absolute atomic E-state index is 0.199. The average Bonchev–Trinajstić information content (AvgIpc) is 2.78. The van der Waals surface area contributed by atoms with E-state index in [2.05, 4.69) is 6.58 Å². The van der Waals surface area contributed by atoms with Crippen molar-refractivity contribution in [2.75, 3.05) is 13.2 Å². The number of carbonyl (C=O) groups excluding carboxylic acids is 1. The highest BCUT2D eigenvalue weighted by molar-refractivity contribution is 5.89. The first kappa shape index (κ1) is 19.9. The lowest BCUT2D eigenvalue weighted by atomic mass is 9.99. The molecular formula is C23H24O6. The SMILES string of the molecule is C=CCO[C@@H]1O[C@@H]2CO[C@@H](c3ccccc3)O[C@H]2C(=O)[C@H]1OCc1ccccc1. The fourth-order valence-corrected chi connectivity index (χ4v) is 3.43. The molecule has 0 unspecified atom stereocenters. The van der Waals surface area contributed by atoms with Crippen LogP contribution in [-0.2, 0) is 35.1 Å². The number of ether oxygens (including phenoxy) is 5. The van der Waals surface area contributed by atoms with Crippen molar-refractivity contribution in [1.29, 1.82) is 0 Å². The smallest absolute Gasteiger partial charge is 0.198 e. The third-order valence-corrected chi connectivity index (χ3v) is 4.86. The summed E-state index contributed by atoms with van der Waals surface area (Å²) >= 11 is 0. The van der Waals surface area contributed by atoms with E-state index >= 15 is 0 Å². The van der Waals surface area contributed by atoms with Gasteiger partial charge in [0, 0.05) is 5.56 Å². The standard InChI is InChI=1S/C23H24O6/c1-2-13-25-23-21(26-14-16-9-5-3-6-10-16)19(24)20-18(28-23)15-27-22(29-20)17-11-7-4-8-12-17/h2-12,18,20-23H,1,13-15H2/t18-,20-,21-,22-,23-/m1/s1. The molecule has 29 heavy (non-hydrogen) atoms. The lowest BCUT2D eigenvalue weighted by Crippen LogP contribution is -2.60. The Hall–Kier alpha value is -2.35. The van der Waals surface area contributed by atoms with Crippen LogP contribution in [0.15, 0.2) is 73.3 Å². The van der Waals surface area contributed by atoms with Crippen LogP contribution in [0.2, 0.25) is 0 Å². The average molecular weight is 396 g/mol. The van der Waals surface area contributed by atoms with Crippen LogP contribution in [0.1, 0.15) is 17.4 Å². The fourth-order valence-electron chi connectivity index (χ4n) is 3.43. The molecule has 2 heterocycles. The Bertz CT molecular complexity index is 809. The van der Waals surface area contributed by atoms with E-state index in [0.29, 0.717) is 0 Å². The van der Waals surface area contributed by atoms with Gasteiger partial charge < -0.3 is 23.7 Å². The molecule has 0 spiro atoms. The van der Waals surface area contributed by atoms with Gasteiger partial charge in [-0.25, -0.2) is 0 Å². The van der Waals surface area contributed by atoms with Gasteiger partial charge in [0.25, 0.3) is 0 Å². The fraction of sp³-hybridized carbons (Fsp3) is 0.348. The second-order valence-electron chi connectivity index (χ2n) is 6.92. The van der Waals surface area contributed by atoms with Crippen LogP contribution in [0.5, 0.6) is 0 Å². The third kappa shape index (κ3) is 4.63. The summed E-state index contributed by atoms with van der Waals surface area (Å²) in [6, 6.07) is 19.2. The molecule has 4 rings (SSSR count). The molecule has 2 fully saturated rings. The summed E-state index contributed by atoms with van der Waals surface area (Å²) in [5.74, 6) is -0.199. The topological polar surface area (TPSA) is 63.2 Å². The Morgan fingerprint density at radius 3 is 2.45 bits per heavy atom. The van der Waals surface area contributed by atoms with Crippen molar-refractivity contribution in [1.82, 2.24) is 0 Å². The summed E-state index contributed by atoms with van der Waals surface area (Å²) in [7, 11) is 0. The lowest BCUT2D eigenvalue weighted by Gasteiger charge is -2.43. The molecule has 152 valence electrons. The number of ketones is 1. The molecule has 0 amide bonds. The molecule has 0 aromatic heterocycles. The molecule has 0 N–H and O–H groups in total. The largest absolute Gasteiger partial charge is 0.360 e. The molecular weight excluding hydrogens is 372 g/mol. The zero-order valence-corrected chi connectivity index (χ0v) is 16.0. The molecule has 6 heteroatoms. The molecule has 6 nitrogen and oxygen atoms in total. The number of carbonyl (C=O) groups is 1. The lowest BCUT2D eigenvalue weighted by molar-refractivity contribution is -0.320. The van der Waals surface area contributed by atoms with Crippen LogP contribution in [0.3, 0.4) is 0 Å². The van der Waals surface area contributed by atoms with Crippen molar-refractivity contribution < 1.29 is 28.5 Å². The van der Waals surface area contributed by atoms with Gasteiger partial charge in [0.2, 0.25) is 0 Å². The van der Waals surface area contributed by atoms with Crippen molar-refractivity contribution >= 4 is 5.78 Å². The molecule has 5 atom stereocenters. The minimum Gasteiger partial charge on any atom is -0.360 e. The van der Waals surface area contributed by atoms with Crippen LogP contribution in [0, 0.1) is 0 Å². The van der Waals surface area contributed by atoms with E-state index in [1.165, 1.54) is 0 Å². The van der Waals surface area contributed by atoms with Crippen molar-refractivity contribution in [3.05, 3.63) is 84.4 Å². The molecule has 0 bridgehead atoms. The third-order valence-electron chi connectivity index (χ3n) is 4.86. The van der Waals surface area contributed by atoms with Gasteiger partial charge in [0.15, 0.2) is 30.6 Å². The maximum atomic E-state index is 13.2. The van der Waals surface area contributed by atoms with E-state index in [1.807, 2.05) is 60.7 Å². The van der Waals surface area contributed by atoms with Gasteiger partial charge in [-0.1, -0.05) is 66.7 Å². The van der Waals surface area contributed by atoms with Crippen LogP contribution in [0.4, 0.5) is 0 Å². The number of hydrogen-bond donors (Lipinski definition) is 0. The Labute approximate surface area is 170 Å². The summed E-state index contributed by atoms with van der Waals surface area (Å²) in [6.45, 7) is 4.40. The summed E-state index contributed by atoms with van der Waals surface area (Å²) in [5.41, 5.74) is 1.81. The summed E-state index contributed by atoms with van der Waals surface area (Å²) in [4.78, 5) is 13.2. The first-order valence-electron chi connectivity index (χ1n) is 9.65. The first-order valence-corrected chi connectivity index (χ1v) is 9.65. The van der Waals surface area contributed by atoms with Crippen molar-refractivity contribution in [2.24, 2.45) is 0 Å². The maximum absolute atomic E-state index is 13.2. The van der Waals surface area contributed by atoms with Crippen molar-refractivity contribution in [3.8, 4) is 0 Å². The summed E-state index contributed by atoms with van der Waals surface area (Å²) in [6.07, 6.45) is -2.08. The zero-order chi connectivity index (χ0) is 20.1. The van der Waals surface area contributed by atoms with Crippen LogP contribution in [-0.4, -0.2) is 43.6 Å². The van der Waals surface area contributed by atoms with Crippen LogP contribution in [0.25, 0.3) is 0 Å². The van der Waals surface area contributed by atoms with Gasteiger partial charge in [-0.15, -0.1) is 6.58 Å². The van der Waals surface area contributed by atoms with Gasteiger partial charge in [-0.3, -0.25) is 4.79 Å². The van der Waals surface area contributed by atoms with E-state index < -0.39 is 30.9 Å². The molecule has 2 aromatic carbocycles. The summed E-state index contributed by atoms with van der Waals surface area (Å²) in [5, 5.41) is 0. The van der Waals surface area contributed by atoms with E-state index in [9.17, 15) is 4.79 Å². The Morgan fingerprint density at radius 2 is 1.72 bits per heavy atom. The van der Waals surface area contributed by atoms with Crippen LogP contribution >= 0.6 is 0 Å². The number of benzene rings is 2. The highest BCUT2D eigenvalue weighted by Gasteiger charge is 2.50. The number of Topliss-reactive ketones (excluding diaryl/α,β-unsaturated/α-hetero) is 1. The van der Waals surface area contributed by atoms with Gasteiger partial charge in [0.05, 0.1) is 19.8 Å². The molecule has 2 aliphatic heterocycles. The zero-order valence-electron chi connectivity index (χ0n) is 16.0. The van der Waals surface area contributed by atoms with Gasteiger partial charge in [-0.2, -0.15) is 0 Å². The second kappa shape index (κ2) is 9.43. The minimum atomic E-state index is -0.897. The molecule has 2 aliphatic rings. The molecule has 0 aliphatic carbocycles. The monoisotopic (exact) mass is 396 g/mol. The maximum Gasteiger partial charge on any atom is 0.198 e. The highest BCUT2D eigenvalue weighted by Crippen LogP contribution is 2.33. The first-order chi connectivity index (χ1) is 14.3. The molecule has 0 radical (unpaired) electrons. The van der Waals surface area contributed by atoms with E-state index in [1.54, 1.807) is 6.08 Å². The van der Waals surface area contributed by atoms with Crippen molar-refractivity contribution in [2.45, 2.75) is 37.5 Å². The summed E-state index contributed by atoms with van der Waals surface area (Å²) < 4.78 is 29.3. The predicted molar refractivity (Wildman–Crippen MR) is 105 cm³/mol. The van der Waals surface area contributed by atoms with E-state index in [-0.39, 0.29) is 25.6 Å². The van der Waals surface area contributed by atoms with E-state index in [4.69, 9.17) is 23.7 Å². The number of rotatable bonds is 7. The highest BCUT2D eigenvalue weighted by atomic mass is 16.8. The van der Waals surface area contributed by atoms with Gasteiger partial charge in [-0.05, 0) is 5.56 Å². The van der Waals surface area contributed by atoms with Gasteiger partial charge >= 0.3 is 0 Å². The second-order valence-corrected chi connectivity index (χ2v) is 6.92. The number of fused-ring (bicyclic) bond motifs is 1. The predicted octanol–water partition coefficient (Wildman–Crippen LogP) is 3.18. The van der Waals surface area contributed by atoms with E-state index in [0.717, 1.165) is 11.1 Å². The Kier molecular flexibility index (Phi) is 6.49. The van der Waals surface area contributed by atoms with Gasteiger partial charge in [0.1, 0.15) is 6.10 Å². The molecule has 2 aromatic rings.